The molecule has 0 aliphatic carbocycles. The second kappa shape index (κ2) is 7.79. The smallest absolute Gasteiger partial charge is 0.297 e. The highest BCUT2D eigenvalue weighted by Gasteiger charge is 2.45. The Balaban J connectivity index is 1.74. The second-order valence-corrected chi connectivity index (χ2v) is 9.50. The predicted molar refractivity (Wildman–Crippen MR) is 121 cm³/mol. The van der Waals surface area contributed by atoms with Gasteiger partial charge in [-0.3, -0.25) is 14.5 Å². The topological polar surface area (TPSA) is 76.3 Å². The van der Waals surface area contributed by atoms with Crippen LogP contribution in [0.4, 0.5) is 9.52 Å². The Labute approximate surface area is 191 Å². The molecular formula is C23H17ClFN3O3S. The maximum atomic E-state index is 13.6. The molecular weight excluding hydrogens is 453 g/mol. The molecule has 2 aromatic carbocycles. The molecule has 0 N–H and O–H groups in total. The van der Waals surface area contributed by atoms with Gasteiger partial charge in [-0.15, -0.1) is 10.2 Å². The average molecular weight is 470 g/mol. The molecule has 0 fully saturated rings. The molecule has 2 aromatic heterocycles. The van der Waals surface area contributed by atoms with Gasteiger partial charge >= 0.3 is 0 Å². The van der Waals surface area contributed by atoms with Crippen LogP contribution in [-0.4, -0.2) is 16.1 Å². The van der Waals surface area contributed by atoms with E-state index in [1.165, 1.54) is 34.4 Å². The van der Waals surface area contributed by atoms with E-state index >= 15 is 0 Å². The highest BCUT2D eigenvalue weighted by Crippen LogP contribution is 2.42. The van der Waals surface area contributed by atoms with Gasteiger partial charge in [0, 0.05) is 11.4 Å². The number of hydrogen-bond donors (Lipinski definition) is 0. The molecule has 3 heterocycles. The molecule has 0 spiro atoms. The van der Waals surface area contributed by atoms with Gasteiger partial charge in [0.1, 0.15) is 16.4 Å². The van der Waals surface area contributed by atoms with Gasteiger partial charge in [0.05, 0.1) is 17.0 Å². The molecule has 0 radical (unpaired) electrons. The summed E-state index contributed by atoms with van der Waals surface area (Å²) >= 11 is 7.38. The number of benzene rings is 2. The third kappa shape index (κ3) is 3.40. The van der Waals surface area contributed by atoms with Gasteiger partial charge in [-0.1, -0.05) is 48.9 Å². The first-order chi connectivity index (χ1) is 15.3. The van der Waals surface area contributed by atoms with Crippen molar-refractivity contribution in [3.63, 3.8) is 0 Å². The molecule has 1 aliphatic heterocycles. The van der Waals surface area contributed by atoms with Gasteiger partial charge in [0.15, 0.2) is 5.43 Å². The molecule has 162 valence electrons. The van der Waals surface area contributed by atoms with Crippen molar-refractivity contribution in [2.45, 2.75) is 26.3 Å². The van der Waals surface area contributed by atoms with E-state index in [4.69, 9.17) is 16.0 Å². The zero-order chi connectivity index (χ0) is 22.6. The third-order valence-electron chi connectivity index (χ3n) is 5.26. The van der Waals surface area contributed by atoms with Gasteiger partial charge in [0.25, 0.3) is 5.91 Å². The number of carbonyl (C=O) groups is 1. The van der Waals surface area contributed by atoms with E-state index in [1.807, 2.05) is 0 Å². The Kier molecular flexibility index (Phi) is 5.06. The van der Waals surface area contributed by atoms with Crippen LogP contribution in [0.1, 0.15) is 46.6 Å². The first-order valence-corrected chi connectivity index (χ1v) is 11.2. The van der Waals surface area contributed by atoms with Crippen molar-refractivity contribution >= 4 is 44.9 Å². The SMILES string of the molecule is CC(C)Cc1nnc(N2C(=O)c3oc4ccc(Cl)cc4c(=O)c3[C@H]2c2ccc(F)cc2)s1. The molecule has 0 saturated heterocycles. The maximum Gasteiger partial charge on any atom is 0.297 e. The average Bonchev–Trinajstić information content (AvgIpc) is 3.31. The predicted octanol–water partition coefficient (Wildman–Crippen LogP) is 5.39. The highest BCUT2D eigenvalue weighted by molar-refractivity contribution is 7.15. The first-order valence-electron chi connectivity index (χ1n) is 10.0. The van der Waals surface area contributed by atoms with Crippen molar-refractivity contribution < 1.29 is 13.6 Å². The van der Waals surface area contributed by atoms with Crippen molar-refractivity contribution in [3.05, 3.63) is 85.4 Å². The standard InChI is InChI=1S/C23H17ClFN3O3S/c1-11(2)9-17-26-27-23(32-17)28-19(12-3-6-14(25)7-4-12)18-20(29)15-10-13(24)5-8-16(15)31-21(18)22(28)30/h3-8,10-11,19H,9H2,1-2H3/t19-/m1/s1. The molecule has 1 aliphatic rings. The fraction of sp³-hybridized carbons (Fsp3) is 0.217. The molecule has 1 atom stereocenters. The molecule has 0 bridgehead atoms. The molecule has 6 nitrogen and oxygen atoms in total. The van der Waals surface area contributed by atoms with Crippen LogP contribution in [0.2, 0.25) is 5.02 Å². The number of hydrogen-bond acceptors (Lipinski definition) is 6. The van der Waals surface area contributed by atoms with Crippen LogP contribution in [0.3, 0.4) is 0 Å². The Hall–Kier alpha value is -3.10. The molecule has 4 aromatic rings. The van der Waals surface area contributed by atoms with E-state index in [1.54, 1.807) is 24.3 Å². The molecule has 32 heavy (non-hydrogen) atoms. The molecule has 0 saturated carbocycles. The van der Waals surface area contributed by atoms with E-state index < -0.39 is 17.8 Å². The number of halogens is 2. The summed E-state index contributed by atoms with van der Waals surface area (Å²) in [5.74, 6) is -0.596. The van der Waals surface area contributed by atoms with E-state index in [-0.39, 0.29) is 27.7 Å². The van der Waals surface area contributed by atoms with Crippen LogP contribution in [0.25, 0.3) is 11.0 Å². The number of rotatable bonds is 4. The van der Waals surface area contributed by atoms with Crippen molar-refractivity contribution in [1.29, 1.82) is 0 Å². The Bertz CT molecular complexity index is 1410. The van der Waals surface area contributed by atoms with Crippen LogP contribution in [0.15, 0.2) is 51.7 Å². The minimum atomic E-state index is -0.822. The van der Waals surface area contributed by atoms with Crippen molar-refractivity contribution in [2.24, 2.45) is 5.92 Å². The summed E-state index contributed by atoms with van der Waals surface area (Å²) in [6, 6.07) is 9.53. The number of anilines is 1. The summed E-state index contributed by atoms with van der Waals surface area (Å²) in [5.41, 5.74) is 0.648. The molecule has 1 amide bonds. The lowest BCUT2D eigenvalue weighted by Gasteiger charge is -2.22. The summed E-state index contributed by atoms with van der Waals surface area (Å²) in [5, 5.41) is 10.2. The number of fused-ring (bicyclic) bond motifs is 2. The zero-order valence-electron chi connectivity index (χ0n) is 17.1. The third-order valence-corrected chi connectivity index (χ3v) is 6.44. The summed E-state index contributed by atoms with van der Waals surface area (Å²) in [7, 11) is 0. The van der Waals surface area contributed by atoms with Crippen molar-refractivity contribution in [2.75, 3.05) is 4.90 Å². The second-order valence-electron chi connectivity index (χ2n) is 8.02. The van der Waals surface area contributed by atoms with Crippen LogP contribution in [0, 0.1) is 11.7 Å². The fourth-order valence-corrected chi connectivity index (χ4v) is 5.13. The number of carbonyl (C=O) groups excluding carboxylic acids is 1. The Morgan fingerprint density at radius 2 is 1.91 bits per heavy atom. The van der Waals surface area contributed by atoms with Gasteiger partial charge in [-0.2, -0.15) is 0 Å². The maximum absolute atomic E-state index is 13.6. The summed E-state index contributed by atoms with van der Waals surface area (Å²) in [4.78, 5) is 28.4. The first kappa shape index (κ1) is 20.8. The van der Waals surface area contributed by atoms with E-state index in [9.17, 15) is 14.0 Å². The van der Waals surface area contributed by atoms with Gasteiger partial charge in [-0.05, 0) is 41.8 Å². The van der Waals surface area contributed by atoms with E-state index in [2.05, 4.69) is 24.0 Å². The van der Waals surface area contributed by atoms with Gasteiger partial charge in [-0.25, -0.2) is 4.39 Å². The van der Waals surface area contributed by atoms with Gasteiger partial charge < -0.3 is 4.42 Å². The van der Waals surface area contributed by atoms with Crippen LogP contribution in [0.5, 0.6) is 0 Å². The monoisotopic (exact) mass is 469 g/mol. The van der Waals surface area contributed by atoms with Crippen molar-refractivity contribution in [1.82, 2.24) is 10.2 Å². The number of nitrogens with zero attached hydrogens (tertiary/aromatic N) is 3. The number of amides is 1. The molecule has 0 unspecified atom stereocenters. The summed E-state index contributed by atoms with van der Waals surface area (Å²) in [6.07, 6.45) is 0.716. The van der Waals surface area contributed by atoms with Gasteiger partial charge in [0.2, 0.25) is 10.9 Å². The highest BCUT2D eigenvalue weighted by atomic mass is 35.5. The zero-order valence-corrected chi connectivity index (χ0v) is 18.7. The number of aromatic nitrogens is 2. The lowest BCUT2D eigenvalue weighted by atomic mass is 9.99. The minimum Gasteiger partial charge on any atom is -0.450 e. The molecule has 9 heteroatoms. The Morgan fingerprint density at radius 1 is 1.16 bits per heavy atom. The van der Waals surface area contributed by atoms with Crippen LogP contribution >= 0.6 is 22.9 Å². The van der Waals surface area contributed by atoms with Crippen LogP contribution in [-0.2, 0) is 6.42 Å². The lowest BCUT2D eigenvalue weighted by molar-refractivity contribution is 0.0970. The lowest BCUT2D eigenvalue weighted by Crippen LogP contribution is -2.29. The quantitative estimate of drug-likeness (QED) is 0.400. The van der Waals surface area contributed by atoms with E-state index in [0.29, 0.717) is 28.1 Å². The summed E-state index contributed by atoms with van der Waals surface area (Å²) in [6.45, 7) is 4.14. The minimum absolute atomic E-state index is 0.0558. The Morgan fingerprint density at radius 3 is 2.62 bits per heavy atom. The largest absolute Gasteiger partial charge is 0.450 e. The normalized spacial score (nSPS) is 15.7. The van der Waals surface area contributed by atoms with Crippen molar-refractivity contribution in [3.8, 4) is 0 Å². The van der Waals surface area contributed by atoms with Crippen LogP contribution < -0.4 is 10.3 Å². The summed E-state index contributed by atoms with van der Waals surface area (Å²) < 4.78 is 19.5. The molecule has 5 rings (SSSR count). The fourth-order valence-electron chi connectivity index (χ4n) is 3.88. The van der Waals surface area contributed by atoms with E-state index in [0.717, 1.165) is 5.01 Å².